The van der Waals surface area contributed by atoms with E-state index in [1.165, 1.54) is 18.4 Å². The number of rotatable bonds is 6. The van der Waals surface area contributed by atoms with E-state index >= 15 is 0 Å². The second-order valence-electron chi connectivity index (χ2n) is 4.19. The molecule has 0 saturated carbocycles. The van der Waals surface area contributed by atoms with Gasteiger partial charge in [0.05, 0.1) is 12.5 Å². The number of benzene rings is 1. The molecule has 0 bridgehead atoms. The van der Waals surface area contributed by atoms with Crippen LogP contribution >= 0.6 is 11.6 Å². The van der Waals surface area contributed by atoms with Crippen LogP contribution in [0.4, 0.5) is 0 Å². The number of hydrogen-bond acceptors (Lipinski definition) is 1. The first-order valence-corrected chi connectivity index (χ1v) is 6.53. The minimum Gasteiger partial charge on any atom is -0.493 e. The fourth-order valence-electron chi connectivity index (χ4n) is 1.75. The minimum atomic E-state index is 0.514. The first-order chi connectivity index (χ1) is 7.72. The molecule has 2 heteroatoms. The SMILES string of the molecule is CCC(CC)COc1c(C)cccc1CCl. The second-order valence-corrected chi connectivity index (χ2v) is 4.46. The van der Waals surface area contributed by atoms with Gasteiger partial charge in [0.2, 0.25) is 0 Å². The summed E-state index contributed by atoms with van der Waals surface area (Å²) in [6.45, 7) is 7.27. The maximum atomic E-state index is 5.92. The summed E-state index contributed by atoms with van der Waals surface area (Å²) in [7, 11) is 0. The van der Waals surface area contributed by atoms with Crippen molar-refractivity contribution in [2.24, 2.45) is 5.92 Å². The van der Waals surface area contributed by atoms with E-state index in [-0.39, 0.29) is 0 Å². The van der Waals surface area contributed by atoms with Gasteiger partial charge in [-0.25, -0.2) is 0 Å². The van der Waals surface area contributed by atoms with Crippen LogP contribution in [0.3, 0.4) is 0 Å². The topological polar surface area (TPSA) is 9.23 Å². The van der Waals surface area contributed by atoms with Gasteiger partial charge in [0.1, 0.15) is 5.75 Å². The highest BCUT2D eigenvalue weighted by atomic mass is 35.5. The number of ether oxygens (including phenoxy) is 1. The Hall–Kier alpha value is -0.690. The van der Waals surface area contributed by atoms with Crippen LogP contribution < -0.4 is 4.74 Å². The van der Waals surface area contributed by atoms with Gasteiger partial charge >= 0.3 is 0 Å². The van der Waals surface area contributed by atoms with E-state index in [9.17, 15) is 0 Å². The van der Waals surface area contributed by atoms with Gasteiger partial charge in [-0.2, -0.15) is 0 Å². The maximum absolute atomic E-state index is 5.92. The Kier molecular flexibility index (Phi) is 5.68. The smallest absolute Gasteiger partial charge is 0.126 e. The molecular formula is C14H21ClO. The van der Waals surface area contributed by atoms with E-state index in [1.807, 2.05) is 12.1 Å². The maximum Gasteiger partial charge on any atom is 0.126 e. The lowest BCUT2D eigenvalue weighted by molar-refractivity contribution is 0.238. The molecule has 0 amide bonds. The van der Waals surface area contributed by atoms with E-state index in [1.54, 1.807) is 0 Å². The Labute approximate surface area is 104 Å². The monoisotopic (exact) mass is 240 g/mol. The van der Waals surface area contributed by atoms with Crippen molar-refractivity contribution in [3.05, 3.63) is 29.3 Å². The van der Waals surface area contributed by atoms with E-state index in [4.69, 9.17) is 16.3 Å². The summed E-state index contributed by atoms with van der Waals surface area (Å²) in [5.74, 6) is 2.13. The third-order valence-electron chi connectivity index (χ3n) is 3.06. The molecule has 16 heavy (non-hydrogen) atoms. The second kappa shape index (κ2) is 6.80. The van der Waals surface area contributed by atoms with Crippen molar-refractivity contribution in [2.45, 2.75) is 39.5 Å². The normalized spacial score (nSPS) is 10.8. The fraction of sp³-hybridized carbons (Fsp3) is 0.571. The molecule has 1 aromatic carbocycles. The number of halogens is 1. The molecule has 90 valence electrons. The zero-order valence-corrected chi connectivity index (χ0v) is 11.2. The minimum absolute atomic E-state index is 0.514. The van der Waals surface area contributed by atoms with Crippen molar-refractivity contribution in [2.75, 3.05) is 6.61 Å². The lowest BCUT2D eigenvalue weighted by Crippen LogP contribution is -2.11. The van der Waals surface area contributed by atoms with Crippen molar-refractivity contribution in [3.8, 4) is 5.75 Å². The van der Waals surface area contributed by atoms with Crippen molar-refractivity contribution in [1.29, 1.82) is 0 Å². The lowest BCUT2D eigenvalue weighted by atomic mass is 10.1. The average molecular weight is 241 g/mol. The molecule has 1 nitrogen and oxygen atoms in total. The summed E-state index contributed by atoms with van der Waals surface area (Å²) in [4.78, 5) is 0. The third-order valence-corrected chi connectivity index (χ3v) is 3.34. The zero-order chi connectivity index (χ0) is 12.0. The van der Waals surface area contributed by atoms with Crippen LogP contribution in [0.2, 0.25) is 0 Å². The first kappa shape index (κ1) is 13.4. The van der Waals surface area contributed by atoms with E-state index < -0.39 is 0 Å². The Morgan fingerprint density at radius 3 is 2.50 bits per heavy atom. The highest BCUT2D eigenvalue weighted by molar-refractivity contribution is 6.17. The molecule has 0 radical (unpaired) electrons. The number of para-hydroxylation sites is 1. The predicted molar refractivity (Wildman–Crippen MR) is 70.3 cm³/mol. The van der Waals surface area contributed by atoms with Crippen molar-refractivity contribution in [3.63, 3.8) is 0 Å². The quantitative estimate of drug-likeness (QED) is 0.663. The molecule has 0 heterocycles. The number of alkyl halides is 1. The molecule has 1 rings (SSSR count). The summed E-state index contributed by atoms with van der Waals surface area (Å²) in [5.41, 5.74) is 2.26. The van der Waals surface area contributed by atoms with Gasteiger partial charge in [-0.1, -0.05) is 44.9 Å². The summed E-state index contributed by atoms with van der Waals surface area (Å²) in [6.07, 6.45) is 2.33. The van der Waals surface area contributed by atoms with Gasteiger partial charge in [0, 0.05) is 5.56 Å². The number of aryl methyl sites for hydroxylation is 1. The van der Waals surface area contributed by atoms with Gasteiger partial charge < -0.3 is 4.74 Å². The summed E-state index contributed by atoms with van der Waals surface area (Å²) in [5, 5.41) is 0. The largest absolute Gasteiger partial charge is 0.493 e. The molecule has 0 atom stereocenters. The first-order valence-electron chi connectivity index (χ1n) is 6.00. The standard InChI is InChI=1S/C14H21ClO/c1-4-12(5-2)10-16-14-11(3)7-6-8-13(14)9-15/h6-8,12H,4-5,9-10H2,1-3H3. The molecule has 0 aromatic heterocycles. The Morgan fingerprint density at radius 2 is 1.94 bits per heavy atom. The Morgan fingerprint density at radius 1 is 1.25 bits per heavy atom. The van der Waals surface area contributed by atoms with E-state index in [0.29, 0.717) is 11.8 Å². The van der Waals surface area contributed by atoms with Crippen molar-refractivity contribution >= 4 is 11.6 Å². The molecule has 0 fully saturated rings. The van der Waals surface area contributed by atoms with Crippen LogP contribution in [0.5, 0.6) is 5.75 Å². The average Bonchev–Trinajstić information content (AvgIpc) is 2.31. The predicted octanol–water partition coefficient (Wildman–Crippen LogP) is 4.55. The fourth-order valence-corrected chi connectivity index (χ4v) is 1.96. The van der Waals surface area contributed by atoms with Crippen molar-refractivity contribution < 1.29 is 4.74 Å². The van der Waals surface area contributed by atoms with Crippen LogP contribution in [0, 0.1) is 12.8 Å². The highest BCUT2D eigenvalue weighted by Crippen LogP contribution is 2.25. The van der Waals surface area contributed by atoms with Gasteiger partial charge in [-0.15, -0.1) is 11.6 Å². The highest BCUT2D eigenvalue weighted by Gasteiger charge is 2.09. The van der Waals surface area contributed by atoms with Gasteiger partial charge in [-0.05, 0) is 18.4 Å². The number of hydrogen-bond donors (Lipinski definition) is 0. The van der Waals surface area contributed by atoms with Crippen LogP contribution in [0.25, 0.3) is 0 Å². The molecule has 0 saturated heterocycles. The summed E-state index contributed by atoms with van der Waals surface area (Å²) < 4.78 is 5.92. The van der Waals surface area contributed by atoms with Gasteiger partial charge in [0.25, 0.3) is 0 Å². The third kappa shape index (κ3) is 3.41. The molecule has 0 aliphatic rings. The molecule has 1 aromatic rings. The molecular weight excluding hydrogens is 220 g/mol. The van der Waals surface area contributed by atoms with E-state index in [0.717, 1.165) is 17.9 Å². The van der Waals surface area contributed by atoms with Gasteiger partial charge in [0.15, 0.2) is 0 Å². The molecule has 0 aliphatic heterocycles. The lowest BCUT2D eigenvalue weighted by Gasteiger charge is -2.17. The van der Waals surface area contributed by atoms with Crippen LogP contribution in [-0.2, 0) is 5.88 Å². The Bertz CT molecular complexity index is 319. The van der Waals surface area contributed by atoms with Crippen LogP contribution in [0.15, 0.2) is 18.2 Å². The summed E-state index contributed by atoms with van der Waals surface area (Å²) >= 11 is 5.91. The summed E-state index contributed by atoms with van der Waals surface area (Å²) in [6, 6.07) is 6.12. The zero-order valence-electron chi connectivity index (χ0n) is 10.4. The molecule has 0 unspecified atom stereocenters. The van der Waals surface area contributed by atoms with Crippen LogP contribution in [-0.4, -0.2) is 6.61 Å². The Balaban J connectivity index is 2.72. The molecule has 0 aliphatic carbocycles. The molecule has 0 N–H and O–H groups in total. The van der Waals surface area contributed by atoms with Crippen LogP contribution in [0.1, 0.15) is 37.8 Å². The van der Waals surface area contributed by atoms with Crippen molar-refractivity contribution in [1.82, 2.24) is 0 Å². The van der Waals surface area contributed by atoms with E-state index in [2.05, 4.69) is 26.8 Å². The molecule has 0 spiro atoms. The van der Waals surface area contributed by atoms with Gasteiger partial charge in [-0.3, -0.25) is 0 Å².